The molecule has 3 heteroatoms. The number of ether oxygens (including phenoxy) is 1. The number of hydrogen-bond donors (Lipinski definition) is 1. The highest BCUT2D eigenvalue weighted by Gasteiger charge is 2.51. The monoisotopic (exact) mass is 242 g/mol. The van der Waals surface area contributed by atoms with Crippen molar-refractivity contribution in [3.8, 4) is 0 Å². The number of nitrogens with zero attached hydrogens (tertiary/aromatic N) is 1. The third kappa shape index (κ3) is 3.94. The Kier molecular flexibility index (Phi) is 5.90. The topological polar surface area (TPSA) is 24.5 Å². The average Bonchev–Trinajstić information content (AvgIpc) is 2.86. The zero-order valence-corrected chi connectivity index (χ0v) is 12.3. The van der Waals surface area contributed by atoms with E-state index in [1.165, 1.54) is 19.3 Å². The van der Waals surface area contributed by atoms with Crippen molar-refractivity contribution in [2.75, 3.05) is 33.8 Å². The van der Waals surface area contributed by atoms with Gasteiger partial charge in [-0.3, -0.25) is 0 Å². The van der Waals surface area contributed by atoms with Crippen LogP contribution in [0, 0.1) is 5.92 Å². The molecule has 0 amide bonds. The molecule has 2 heterocycles. The number of hydrogen-bond acceptors (Lipinski definition) is 3. The van der Waals surface area contributed by atoms with Crippen molar-refractivity contribution >= 4 is 0 Å². The smallest absolute Gasteiger partial charge is 0.0813 e. The lowest BCUT2D eigenvalue weighted by atomic mass is 9.74. The molecule has 1 atom stereocenters. The fourth-order valence-corrected chi connectivity index (χ4v) is 2.83. The molecular weight excluding hydrogens is 212 g/mol. The number of likely N-dealkylation sites (N-methyl/N-ethyl adjacent to an activating group) is 1. The summed E-state index contributed by atoms with van der Waals surface area (Å²) in [7, 11) is 4.27. The van der Waals surface area contributed by atoms with E-state index in [9.17, 15) is 0 Å². The van der Waals surface area contributed by atoms with E-state index < -0.39 is 0 Å². The van der Waals surface area contributed by atoms with Crippen LogP contribution in [-0.4, -0.2) is 50.3 Å². The normalized spacial score (nSPS) is 31.8. The van der Waals surface area contributed by atoms with E-state index in [1.54, 1.807) is 0 Å². The minimum atomic E-state index is 0.227. The van der Waals surface area contributed by atoms with Gasteiger partial charge in [0.2, 0.25) is 0 Å². The summed E-state index contributed by atoms with van der Waals surface area (Å²) < 4.78 is 5.84. The standard InChI is InChI=1S/C12H24N2O.C2H6/c1-4-11(7-14(2)3)13-9-12-5-10(6-12)8-15-12;1-2/h10-11,13H,4-9H2,1-3H3;1-2H3. The van der Waals surface area contributed by atoms with Crippen molar-refractivity contribution < 1.29 is 4.74 Å². The van der Waals surface area contributed by atoms with E-state index in [0.717, 1.165) is 25.6 Å². The van der Waals surface area contributed by atoms with Crippen LogP contribution in [0.2, 0.25) is 0 Å². The summed E-state index contributed by atoms with van der Waals surface area (Å²) in [5.74, 6) is 0.876. The molecule has 102 valence electrons. The van der Waals surface area contributed by atoms with Gasteiger partial charge in [0.05, 0.1) is 12.2 Å². The molecule has 17 heavy (non-hydrogen) atoms. The highest BCUT2D eigenvalue weighted by atomic mass is 16.5. The first-order chi connectivity index (χ1) is 8.13. The first-order valence-electron chi connectivity index (χ1n) is 7.15. The van der Waals surface area contributed by atoms with Gasteiger partial charge in [-0.2, -0.15) is 0 Å². The van der Waals surface area contributed by atoms with E-state index in [0.29, 0.717) is 6.04 Å². The summed E-state index contributed by atoms with van der Waals surface area (Å²) in [6.45, 7) is 9.43. The molecule has 0 aromatic rings. The molecule has 1 aliphatic carbocycles. The van der Waals surface area contributed by atoms with Crippen LogP contribution in [0.1, 0.15) is 40.0 Å². The van der Waals surface area contributed by atoms with Gasteiger partial charge in [-0.15, -0.1) is 0 Å². The third-order valence-corrected chi connectivity index (χ3v) is 3.74. The number of rotatable bonds is 6. The van der Waals surface area contributed by atoms with Crippen LogP contribution >= 0.6 is 0 Å². The summed E-state index contributed by atoms with van der Waals surface area (Å²) in [5, 5.41) is 3.65. The van der Waals surface area contributed by atoms with Crippen LogP contribution < -0.4 is 5.32 Å². The van der Waals surface area contributed by atoms with E-state index in [1.807, 2.05) is 13.8 Å². The number of fused-ring (bicyclic) bond motifs is 1. The van der Waals surface area contributed by atoms with Crippen LogP contribution in [0.3, 0.4) is 0 Å². The number of nitrogens with one attached hydrogen (secondary N) is 1. The maximum absolute atomic E-state index is 5.84. The second kappa shape index (κ2) is 6.72. The maximum atomic E-state index is 5.84. The minimum Gasteiger partial charge on any atom is -0.373 e. The fraction of sp³-hybridized carbons (Fsp3) is 1.00. The van der Waals surface area contributed by atoms with Gasteiger partial charge >= 0.3 is 0 Å². The van der Waals surface area contributed by atoms with Crippen LogP contribution in [-0.2, 0) is 4.74 Å². The lowest BCUT2D eigenvalue weighted by Crippen LogP contribution is -2.50. The van der Waals surface area contributed by atoms with Gasteiger partial charge in [0.1, 0.15) is 0 Å². The predicted molar refractivity (Wildman–Crippen MR) is 73.4 cm³/mol. The Balaban J connectivity index is 0.000000686. The maximum Gasteiger partial charge on any atom is 0.0813 e. The Hall–Kier alpha value is -0.120. The predicted octanol–water partition coefficient (Wildman–Crippen LogP) is 2.12. The van der Waals surface area contributed by atoms with Crippen LogP contribution in [0.25, 0.3) is 0 Å². The summed E-state index contributed by atoms with van der Waals surface area (Å²) >= 11 is 0. The Morgan fingerprint density at radius 1 is 1.35 bits per heavy atom. The molecule has 2 saturated heterocycles. The van der Waals surface area contributed by atoms with Gasteiger partial charge in [-0.1, -0.05) is 20.8 Å². The molecule has 0 radical (unpaired) electrons. The Bertz CT molecular complexity index is 207. The summed E-state index contributed by atoms with van der Waals surface area (Å²) in [6, 6.07) is 0.609. The van der Waals surface area contributed by atoms with E-state index in [-0.39, 0.29) is 5.60 Å². The summed E-state index contributed by atoms with van der Waals surface area (Å²) in [5.41, 5.74) is 0.227. The zero-order chi connectivity index (χ0) is 12.9. The molecule has 3 rings (SSSR count). The van der Waals surface area contributed by atoms with Gasteiger partial charge < -0.3 is 15.0 Å². The van der Waals surface area contributed by atoms with E-state index in [2.05, 4.69) is 31.2 Å². The van der Waals surface area contributed by atoms with Gasteiger partial charge in [-0.05, 0) is 39.3 Å². The van der Waals surface area contributed by atoms with E-state index in [4.69, 9.17) is 4.74 Å². The summed E-state index contributed by atoms with van der Waals surface area (Å²) in [6.07, 6.45) is 3.77. The van der Waals surface area contributed by atoms with Crippen molar-refractivity contribution in [3.05, 3.63) is 0 Å². The van der Waals surface area contributed by atoms with E-state index >= 15 is 0 Å². The quantitative estimate of drug-likeness (QED) is 0.772. The highest BCUT2D eigenvalue weighted by molar-refractivity contribution is 5.03. The van der Waals surface area contributed by atoms with Gasteiger partial charge in [0, 0.05) is 19.1 Å². The van der Waals surface area contributed by atoms with Crippen molar-refractivity contribution in [3.63, 3.8) is 0 Å². The Morgan fingerprint density at radius 2 is 2.00 bits per heavy atom. The molecule has 3 nitrogen and oxygen atoms in total. The summed E-state index contributed by atoms with van der Waals surface area (Å²) in [4.78, 5) is 2.25. The minimum absolute atomic E-state index is 0.227. The second-order valence-corrected chi connectivity index (χ2v) is 5.52. The first kappa shape index (κ1) is 14.9. The van der Waals surface area contributed by atoms with Crippen molar-refractivity contribution in [1.82, 2.24) is 10.2 Å². The third-order valence-electron chi connectivity index (χ3n) is 3.74. The van der Waals surface area contributed by atoms with Crippen LogP contribution in [0.4, 0.5) is 0 Å². The van der Waals surface area contributed by atoms with Crippen LogP contribution in [0.15, 0.2) is 0 Å². The molecule has 1 unspecified atom stereocenters. The van der Waals surface area contributed by atoms with Gasteiger partial charge in [0.25, 0.3) is 0 Å². The van der Waals surface area contributed by atoms with Crippen molar-refractivity contribution in [2.45, 2.75) is 51.7 Å². The average molecular weight is 242 g/mol. The van der Waals surface area contributed by atoms with Crippen molar-refractivity contribution in [1.29, 1.82) is 0 Å². The Labute approximate surface area is 107 Å². The first-order valence-corrected chi connectivity index (χ1v) is 7.15. The zero-order valence-electron chi connectivity index (χ0n) is 12.3. The highest BCUT2D eigenvalue weighted by Crippen LogP contribution is 2.47. The molecule has 2 bridgehead atoms. The molecule has 1 saturated carbocycles. The molecule has 1 N–H and O–H groups in total. The Morgan fingerprint density at radius 3 is 2.41 bits per heavy atom. The lowest BCUT2D eigenvalue weighted by Gasteiger charge is -2.37. The van der Waals surface area contributed by atoms with Gasteiger partial charge in [-0.25, -0.2) is 0 Å². The molecular formula is C14H30N2O. The molecule has 0 aromatic carbocycles. The second-order valence-electron chi connectivity index (χ2n) is 5.52. The molecule has 3 aliphatic rings. The lowest BCUT2D eigenvalue weighted by molar-refractivity contribution is -0.000117. The SMILES string of the molecule is CC.CCC(CN(C)C)NCC12CC(CO1)C2. The van der Waals surface area contributed by atoms with Gasteiger partial charge in [0.15, 0.2) is 0 Å². The van der Waals surface area contributed by atoms with Crippen LogP contribution in [0.5, 0.6) is 0 Å². The molecule has 3 fully saturated rings. The molecule has 2 aliphatic heterocycles. The fourth-order valence-electron chi connectivity index (χ4n) is 2.83. The molecule has 0 aromatic heterocycles. The van der Waals surface area contributed by atoms with Crippen molar-refractivity contribution in [2.24, 2.45) is 5.92 Å². The molecule has 0 spiro atoms. The largest absolute Gasteiger partial charge is 0.373 e.